The van der Waals surface area contributed by atoms with E-state index in [1.54, 1.807) is 11.0 Å². The van der Waals surface area contributed by atoms with Gasteiger partial charge in [-0.05, 0) is 75.1 Å². The van der Waals surface area contributed by atoms with E-state index in [0.29, 0.717) is 17.8 Å². The molecule has 9 heteroatoms. The molecule has 47 heavy (non-hydrogen) atoms. The number of carbonyl (C=O) groups is 1. The molecule has 250 valence electrons. The minimum atomic E-state index is -4.57. The molecule has 0 fully saturated rings. The van der Waals surface area contributed by atoms with Gasteiger partial charge in [-0.25, -0.2) is 0 Å². The molecule has 1 heterocycles. The molecular formula is C38H41BrClF3N2OS. The third kappa shape index (κ3) is 8.58. The minimum absolute atomic E-state index is 0. The van der Waals surface area contributed by atoms with Gasteiger partial charge in [-0.3, -0.25) is 4.79 Å². The number of aryl methyl sites for hydroxylation is 2. The van der Waals surface area contributed by atoms with Crippen LogP contribution in [0.5, 0.6) is 0 Å². The molecule has 0 N–H and O–H groups in total. The summed E-state index contributed by atoms with van der Waals surface area (Å²) in [5, 5.41) is 1.95. The Hall–Kier alpha value is -2.91. The van der Waals surface area contributed by atoms with Crippen LogP contribution in [0.15, 0.2) is 78.9 Å². The Labute approximate surface area is 295 Å². The van der Waals surface area contributed by atoms with Crippen LogP contribution >= 0.6 is 22.9 Å². The highest BCUT2D eigenvalue weighted by Gasteiger charge is 2.35. The standard InChI is InChI=1S/C38H41ClF3N2OS.BrH/c1-5-44(6-2,25-29-21-26(3)20-27(4)22-29)19-10-9-18-43(24-28-16-17-30-12-7-8-13-31(30)23-28)37(45)36-35(39)34-32(38(40,41)42)14-11-15-33(34)46-36;/h7-8,11-17,20-23H,5-6,9-10,18-19,24-25H2,1-4H3;1H/q+1;/p-1. The molecule has 0 spiro atoms. The quantitative estimate of drug-likeness (QED) is 0.0943. The third-order valence-corrected chi connectivity index (χ3v) is 10.7. The Bertz CT molecular complexity index is 1830. The number of benzene rings is 4. The number of hydrogen-bond donors (Lipinski definition) is 0. The molecule has 5 aromatic rings. The van der Waals surface area contributed by atoms with Crippen molar-refractivity contribution in [3.8, 4) is 0 Å². The molecule has 5 rings (SSSR count). The Balaban J connectivity index is 0.00000500. The topological polar surface area (TPSA) is 20.3 Å². The first-order chi connectivity index (χ1) is 21.9. The SMILES string of the molecule is CC[N+](CC)(CCCCN(Cc1ccc2ccccc2c1)C(=O)c1sc2cccc(C(F)(F)F)c2c1Cl)Cc1cc(C)cc(C)c1.[Br-]. The normalized spacial score (nSPS) is 12.0. The fourth-order valence-corrected chi connectivity index (χ4v) is 8.12. The van der Waals surface area contributed by atoms with Crippen molar-refractivity contribution in [2.75, 3.05) is 26.2 Å². The zero-order chi connectivity index (χ0) is 33.1. The third-order valence-electron chi connectivity index (χ3n) is 9.08. The Morgan fingerprint density at radius 2 is 1.53 bits per heavy atom. The highest BCUT2D eigenvalue weighted by Crippen LogP contribution is 2.43. The molecule has 0 atom stereocenters. The second kappa shape index (κ2) is 15.5. The van der Waals surface area contributed by atoms with E-state index < -0.39 is 11.7 Å². The summed E-state index contributed by atoms with van der Waals surface area (Å²) in [6, 6.07) is 24.9. The van der Waals surface area contributed by atoms with Crippen LogP contribution in [0.2, 0.25) is 5.02 Å². The second-order valence-electron chi connectivity index (χ2n) is 12.4. The number of quaternary nitrogens is 1. The Kier molecular flexibility index (Phi) is 12.2. The largest absolute Gasteiger partial charge is 1.00 e. The average molecular weight is 746 g/mol. The lowest BCUT2D eigenvalue weighted by Crippen LogP contribution is -3.00. The lowest BCUT2D eigenvalue weighted by atomic mass is 10.1. The zero-order valence-electron chi connectivity index (χ0n) is 27.3. The summed E-state index contributed by atoms with van der Waals surface area (Å²) in [5.74, 6) is -0.338. The van der Waals surface area contributed by atoms with Gasteiger partial charge in [0, 0.05) is 28.7 Å². The van der Waals surface area contributed by atoms with Crippen molar-refractivity contribution in [1.82, 2.24) is 4.90 Å². The summed E-state index contributed by atoms with van der Waals surface area (Å²) >= 11 is 7.64. The summed E-state index contributed by atoms with van der Waals surface area (Å²) in [5.41, 5.74) is 4.02. The number of halogens is 5. The summed E-state index contributed by atoms with van der Waals surface area (Å²) in [4.78, 5) is 16.0. The van der Waals surface area contributed by atoms with Crippen LogP contribution in [0.4, 0.5) is 13.2 Å². The summed E-state index contributed by atoms with van der Waals surface area (Å²) in [6.07, 6.45) is -2.90. The van der Waals surface area contributed by atoms with Gasteiger partial charge >= 0.3 is 6.18 Å². The molecule has 3 nitrogen and oxygen atoms in total. The Morgan fingerprint density at radius 1 is 0.851 bits per heavy atom. The lowest BCUT2D eigenvalue weighted by Gasteiger charge is -2.37. The van der Waals surface area contributed by atoms with E-state index in [2.05, 4.69) is 52.0 Å². The van der Waals surface area contributed by atoms with Crippen molar-refractivity contribution in [2.24, 2.45) is 0 Å². The predicted molar refractivity (Wildman–Crippen MR) is 186 cm³/mol. The molecular weight excluding hydrogens is 705 g/mol. The van der Waals surface area contributed by atoms with Gasteiger partial charge in [0.2, 0.25) is 0 Å². The van der Waals surface area contributed by atoms with E-state index in [9.17, 15) is 18.0 Å². The number of amides is 1. The Morgan fingerprint density at radius 3 is 2.19 bits per heavy atom. The number of fused-ring (bicyclic) bond motifs is 2. The molecule has 0 radical (unpaired) electrons. The van der Waals surface area contributed by atoms with Gasteiger partial charge in [0.05, 0.1) is 30.2 Å². The van der Waals surface area contributed by atoms with Crippen LogP contribution in [-0.2, 0) is 19.3 Å². The van der Waals surface area contributed by atoms with Gasteiger partial charge in [0.1, 0.15) is 11.4 Å². The van der Waals surface area contributed by atoms with Gasteiger partial charge in [-0.2, -0.15) is 13.2 Å². The molecule has 0 saturated carbocycles. The number of nitrogens with zero attached hydrogens (tertiary/aromatic N) is 2. The first kappa shape index (κ1) is 36.9. The fraction of sp³-hybridized carbons (Fsp3) is 0.342. The highest BCUT2D eigenvalue weighted by molar-refractivity contribution is 7.21. The molecule has 0 bridgehead atoms. The van der Waals surface area contributed by atoms with Crippen molar-refractivity contribution >= 4 is 49.7 Å². The van der Waals surface area contributed by atoms with Crippen molar-refractivity contribution in [3.63, 3.8) is 0 Å². The number of unbranched alkanes of at least 4 members (excludes halogenated alkanes) is 1. The van der Waals surface area contributed by atoms with Crippen molar-refractivity contribution in [2.45, 2.75) is 59.8 Å². The molecule has 0 aliphatic heterocycles. The van der Waals surface area contributed by atoms with Crippen LogP contribution in [0.3, 0.4) is 0 Å². The van der Waals surface area contributed by atoms with Crippen LogP contribution < -0.4 is 17.0 Å². The lowest BCUT2D eigenvalue weighted by molar-refractivity contribution is -0.938. The summed E-state index contributed by atoms with van der Waals surface area (Å²) in [7, 11) is 0. The first-order valence-corrected chi connectivity index (χ1v) is 17.1. The molecule has 0 unspecified atom stereocenters. The number of carbonyl (C=O) groups excluding carboxylic acids is 1. The maximum atomic E-state index is 14.1. The van der Waals surface area contributed by atoms with Gasteiger partial charge in [-0.15, -0.1) is 11.3 Å². The van der Waals surface area contributed by atoms with Gasteiger partial charge < -0.3 is 26.4 Å². The van der Waals surface area contributed by atoms with Crippen LogP contribution in [0.1, 0.15) is 64.2 Å². The minimum Gasteiger partial charge on any atom is -1.00 e. The maximum Gasteiger partial charge on any atom is 0.417 e. The second-order valence-corrected chi connectivity index (χ2v) is 13.8. The number of thiophene rings is 1. The molecule has 1 amide bonds. The van der Waals surface area contributed by atoms with Gasteiger partial charge in [0.15, 0.2) is 0 Å². The number of rotatable bonds is 12. The number of hydrogen-bond acceptors (Lipinski definition) is 2. The van der Waals surface area contributed by atoms with E-state index in [1.165, 1.54) is 22.8 Å². The van der Waals surface area contributed by atoms with Crippen LogP contribution in [0, 0.1) is 13.8 Å². The summed E-state index contributed by atoms with van der Waals surface area (Å²) < 4.78 is 42.9. The molecule has 0 aliphatic carbocycles. The van der Waals surface area contributed by atoms with Gasteiger partial charge in [-0.1, -0.05) is 83.4 Å². The molecule has 1 aromatic heterocycles. The average Bonchev–Trinajstić information content (AvgIpc) is 3.36. The van der Waals surface area contributed by atoms with E-state index in [4.69, 9.17) is 11.6 Å². The zero-order valence-corrected chi connectivity index (χ0v) is 30.4. The van der Waals surface area contributed by atoms with Crippen LogP contribution in [-0.4, -0.2) is 41.5 Å². The number of alkyl halides is 3. The van der Waals surface area contributed by atoms with Crippen molar-refractivity contribution in [3.05, 3.63) is 117 Å². The highest BCUT2D eigenvalue weighted by atomic mass is 79.9. The van der Waals surface area contributed by atoms with Crippen molar-refractivity contribution in [1.29, 1.82) is 0 Å². The van der Waals surface area contributed by atoms with Gasteiger partial charge in [0.25, 0.3) is 5.91 Å². The molecule has 4 aromatic carbocycles. The fourth-order valence-electron chi connectivity index (χ4n) is 6.58. The van der Waals surface area contributed by atoms with Crippen molar-refractivity contribution < 1.29 is 39.4 Å². The monoisotopic (exact) mass is 744 g/mol. The first-order valence-electron chi connectivity index (χ1n) is 15.9. The van der Waals surface area contributed by atoms with E-state index in [1.807, 2.05) is 36.4 Å². The van der Waals surface area contributed by atoms with E-state index in [-0.39, 0.29) is 38.2 Å². The smallest absolute Gasteiger partial charge is 0.417 e. The van der Waals surface area contributed by atoms with E-state index >= 15 is 0 Å². The summed E-state index contributed by atoms with van der Waals surface area (Å²) in [6.45, 7) is 13.5. The predicted octanol–water partition coefficient (Wildman–Crippen LogP) is 7.83. The van der Waals surface area contributed by atoms with Crippen LogP contribution in [0.25, 0.3) is 20.9 Å². The maximum absolute atomic E-state index is 14.1. The molecule has 0 saturated heterocycles. The molecule has 0 aliphatic rings. The van der Waals surface area contributed by atoms with E-state index in [0.717, 1.165) is 77.2 Å².